The number of amides is 1. The maximum atomic E-state index is 13.6. The van der Waals surface area contributed by atoms with E-state index in [1.807, 2.05) is 30.0 Å². The first kappa shape index (κ1) is 24.3. The van der Waals surface area contributed by atoms with Crippen molar-refractivity contribution in [2.75, 3.05) is 51.3 Å². The molecule has 0 bridgehead atoms. The Hall–Kier alpha value is -2.80. The molecule has 1 aromatic carbocycles. The molecular weight excluding hydrogens is 428 g/mol. The summed E-state index contributed by atoms with van der Waals surface area (Å²) in [5, 5.41) is 0. The fourth-order valence-electron chi connectivity index (χ4n) is 5.54. The van der Waals surface area contributed by atoms with E-state index in [9.17, 15) is 9.59 Å². The van der Waals surface area contributed by atoms with Gasteiger partial charge in [-0.15, -0.1) is 0 Å². The number of aryl methyl sites for hydroxylation is 1. The Labute approximate surface area is 202 Å². The second-order valence-electron chi connectivity index (χ2n) is 9.34. The zero-order valence-electron chi connectivity index (χ0n) is 21.0. The molecule has 2 aliphatic heterocycles. The van der Waals surface area contributed by atoms with E-state index >= 15 is 0 Å². The van der Waals surface area contributed by atoms with Crippen LogP contribution >= 0.6 is 0 Å². The molecule has 2 saturated heterocycles. The second-order valence-corrected chi connectivity index (χ2v) is 9.34. The zero-order valence-corrected chi connectivity index (χ0v) is 21.0. The van der Waals surface area contributed by atoms with Crippen molar-refractivity contribution in [3.63, 3.8) is 0 Å². The quantitative estimate of drug-likeness (QED) is 0.627. The summed E-state index contributed by atoms with van der Waals surface area (Å²) in [6.45, 7) is 11.9. The van der Waals surface area contributed by atoms with Crippen LogP contribution in [0.15, 0.2) is 35.1 Å². The van der Waals surface area contributed by atoms with Gasteiger partial charge in [-0.2, -0.15) is 0 Å². The molecule has 0 saturated carbocycles. The SMILES string of the molecule is CCc1c(C(=O)N2CCN(c3cccc(OC)c3)CC2)c(=O)cc(C)n1C[C@@H]1CCCN1CC. The van der Waals surface area contributed by atoms with E-state index in [0.717, 1.165) is 62.0 Å². The summed E-state index contributed by atoms with van der Waals surface area (Å²) in [7, 11) is 1.67. The van der Waals surface area contributed by atoms with Crippen molar-refractivity contribution in [3.8, 4) is 5.75 Å². The molecule has 34 heavy (non-hydrogen) atoms. The average molecular weight is 467 g/mol. The highest BCUT2D eigenvalue weighted by atomic mass is 16.5. The Morgan fingerprint density at radius 1 is 1.09 bits per heavy atom. The molecule has 1 aromatic heterocycles. The van der Waals surface area contributed by atoms with Gasteiger partial charge in [-0.1, -0.05) is 19.9 Å². The number of carbonyl (C=O) groups is 1. The highest BCUT2D eigenvalue weighted by molar-refractivity contribution is 5.95. The fourth-order valence-corrected chi connectivity index (χ4v) is 5.54. The number of hydrogen-bond acceptors (Lipinski definition) is 5. The number of carbonyl (C=O) groups excluding carboxylic acids is 1. The predicted octanol–water partition coefficient (Wildman–Crippen LogP) is 3.17. The Kier molecular flexibility index (Phi) is 7.61. The number of nitrogens with zero attached hydrogens (tertiary/aromatic N) is 4. The lowest BCUT2D eigenvalue weighted by atomic mass is 10.1. The van der Waals surface area contributed by atoms with Gasteiger partial charge < -0.3 is 19.1 Å². The summed E-state index contributed by atoms with van der Waals surface area (Å²) in [6, 6.07) is 10.1. The lowest BCUT2D eigenvalue weighted by molar-refractivity contribution is 0.0742. The molecule has 1 atom stereocenters. The van der Waals surface area contributed by atoms with Gasteiger partial charge in [0.15, 0.2) is 5.43 Å². The number of pyridine rings is 1. The summed E-state index contributed by atoms with van der Waals surface area (Å²) >= 11 is 0. The summed E-state index contributed by atoms with van der Waals surface area (Å²) in [6.07, 6.45) is 3.04. The fraction of sp³-hybridized carbons (Fsp3) is 0.556. The van der Waals surface area contributed by atoms with E-state index in [-0.39, 0.29) is 11.3 Å². The van der Waals surface area contributed by atoms with Crippen molar-refractivity contribution in [2.24, 2.45) is 0 Å². The molecule has 7 heteroatoms. The predicted molar refractivity (Wildman–Crippen MR) is 136 cm³/mol. The Morgan fingerprint density at radius 2 is 1.85 bits per heavy atom. The van der Waals surface area contributed by atoms with Crippen molar-refractivity contribution >= 4 is 11.6 Å². The number of likely N-dealkylation sites (N-methyl/N-ethyl adjacent to an activating group) is 1. The first-order valence-corrected chi connectivity index (χ1v) is 12.6. The molecule has 2 aromatic rings. The Morgan fingerprint density at radius 3 is 2.53 bits per heavy atom. The molecule has 0 N–H and O–H groups in total. The van der Waals surface area contributed by atoms with Crippen LogP contribution in [0.3, 0.4) is 0 Å². The molecule has 7 nitrogen and oxygen atoms in total. The first-order valence-electron chi connectivity index (χ1n) is 12.6. The molecular formula is C27H38N4O3. The zero-order chi connectivity index (χ0) is 24.2. The molecule has 0 aliphatic carbocycles. The third-order valence-electron chi connectivity index (χ3n) is 7.46. The summed E-state index contributed by atoms with van der Waals surface area (Å²) in [5.41, 5.74) is 3.14. The first-order chi connectivity index (χ1) is 16.5. The minimum absolute atomic E-state index is 0.125. The Balaban J connectivity index is 1.54. The molecule has 2 fully saturated rings. The van der Waals surface area contributed by atoms with Crippen molar-refractivity contribution in [3.05, 3.63) is 57.5 Å². The maximum Gasteiger partial charge on any atom is 0.259 e. The van der Waals surface area contributed by atoms with Crippen molar-refractivity contribution in [1.82, 2.24) is 14.4 Å². The topological polar surface area (TPSA) is 58.0 Å². The summed E-state index contributed by atoms with van der Waals surface area (Å²) < 4.78 is 7.59. The van der Waals surface area contributed by atoms with Crippen molar-refractivity contribution < 1.29 is 9.53 Å². The summed E-state index contributed by atoms with van der Waals surface area (Å²) in [5.74, 6) is 0.701. The Bertz CT molecular complexity index is 1070. The average Bonchev–Trinajstić information content (AvgIpc) is 3.32. The van der Waals surface area contributed by atoms with Crippen molar-refractivity contribution in [2.45, 2.75) is 52.6 Å². The van der Waals surface area contributed by atoms with Gasteiger partial charge in [0.2, 0.25) is 0 Å². The molecule has 3 heterocycles. The number of aromatic nitrogens is 1. The van der Waals surface area contributed by atoms with E-state index in [0.29, 0.717) is 31.1 Å². The number of anilines is 1. The smallest absolute Gasteiger partial charge is 0.259 e. The third kappa shape index (κ3) is 4.85. The van der Waals surface area contributed by atoms with Gasteiger partial charge in [-0.25, -0.2) is 0 Å². The lowest BCUT2D eigenvalue weighted by Gasteiger charge is -2.36. The molecule has 0 radical (unpaired) electrons. The van der Waals surface area contributed by atoms with E-state index in [4.69, 9.17) is 4.74 Å². The second kappa shape index (κ2) is 10.6. The van der Waals surface area contributed by atoms with Crippen LogP contribution in [0.2, 0.25) is 0 Å². The molecule has 184 valence electrons. The van der Waals surface area contributed by atoms with E-state index in [1.165, 1.54) is 6.42 Å². The number of ether oxygens (including phenoxy) is 1. The maximum absolute atomic E-state index is 13.6. The number of piperazine rings is 1. The van der Waals surface area contributed by atoms with Gasteiger partial charge >= 0.3 is 0 Å². The number of rotatable bonds is 7. The largest absolute Gasteiger partial charge is 0.497 e. The van der Waals surface area contributed by atoms with E-state index in [1.54, 1.807) is 13.2 Å². The van der Waals surface area contributed by atoms with Gasteiger partial charge in [0.25, 0.3) is 5.91 Å². The van der Waals surface area contributed by atoms with Crippen LogP contribution in [0.5, 0.6) is 5.75 Å². The standard InChI is InChI=1S/C27H38N4O3/c1-5-24-26(25(32)17-20(3)31(24)19-22-10-8-12-28(22)6-2)27(33)30-15-13-29(14-16-30)21-9-7-11-23(18-21)34-4/h7,9,11,17-18,22H,5-6,8,10,12-16,19H2,1-4H3/t22-/m0/s1. The van der Waals surface area contributed by atoms with Crippen molar-refractivity contribution in [1.29, 1.82) is 0 Å². The number of methoxy groups -OCH3 is 1. The van der Waals surface area contributed by atoms with Crippen LogP contribution < -0.4 is 15.1 Å². The number of hydrogen-bond donors (Lipinski definition) is 0. The summed E-state index contributed by atoms with van der Waals surface area (Å²) in [4.78, 5) is 33.3. The molecule has 2 aliphatic rings. The van der Waals surface area contributed by atoms with Gasteiger partial charge in [0.05, 0.1) is 7.11 Å². The van der Waals surface area contributed by atoms with E-state index in [2.05, 4.69) is 34.3 Å². The monoisotopic (exact) mass is 466 g/mol. The van der Waals surface area contributed by atoms with Crippen LogP contribution in [-0.4, -0.2) is 72.7 Å². The van der Waals surface area contributed by atoms with Crippen LogP contribution in [0.25, 0.3) is 0 Å². The van der Waals surface area contributed by atoms with Crippen LogP contribution in [0, 0.1) is 6.92 Å². The van der Waals surface area contributed by atoms with Gasteiger partial charge in [-0.05, 0) is 51.4 Å². The minimum Gasteiger partial charge on any atom is -0.497 e. The molecule has 0 spiro atoms. The molecule has 4 rings (SSSR count). The highest BCUT2D eigenvalue weighted by Gasteiger charge is 2.29. The highest BCUT2D eigenvalue weighted by Crippen LogP contribution is 2.24. The minimum atomic E-state index is -0.149. The third-order valence-corrected chi connectivity index (χ3v) is 7.46. The number of likely N-dealkylation sites (tertiary alicyclic amines) is 1. The van der Waals surface area contributed by atoms with Crippen LogP contribution in [0.1, 0.15) is 48.4 Å². The van der Waals surface area contributed by atoms with Crippen LogP contribution in [0.4, 0.5) is 5.69 Å². The lowest BCUT2D eigenvalue weighted by Crippen LogP contribution is -2.50. The normalized spacial score (nSPS) is 19.0. The van der Waals surface area contributed by atoms with Gasteiger partial charge in [0, 0.05) is 68.0 Å². The van der Waals surface area contributed by atoms with Gasteiger partial charge in [0.1, 0.15) is 11.3 Å². The van der Waals surface area contributed by atoms with Crippen LogP contribution in [-0.2, 0) is 13.0 Å². The number of benzene rings is 1. The molecule has 1 amide bonds. The van der Waals surface area contributed by atoms with Gasteiger partial charge in [-0.3, -0.25) is 14.5 Å². The molecule has 0 unspecified atom stereocenters. The van der Waals surface area contributed by atoms with E-state index < -0.39 is 0 Å².